The molecule has 0 aliphatic heterocycles. The van der Waals surface area contributed by atoms with Gasteiger partial charge in [-0.15, -0.1) is 0 Å². The van der Waals surface area contributed by atoms with Crippen LogP contribution in [0.2, 0.25) is 5.02 Å². The third-order valence-electron chi connectivity index (χ3n) is 3.73. The van der Waals surface area contributed by atoms with Crippen molar-refractivity contribution in [1.82, 2.24) is 20.1 Å². The summed E-state index contributed by atoms with van der Waals surface area (Å²) in [5.41, 5.74) is 4.78. The molecule has 1 aromatic carbocycles. The van der Waals surface area contributed by atoms with Crippen molar-refractivity contribution in [1.29, 1.82) is 0 Å². The summed E-state index contributed by atoms with van der Waals surface area (Å²) in [7, 11) is -3.84. The summed E-state index contributed by atoms with van der Waals surface area (Å²) in [4.78, 5) is 27.9. The Bertz CT molecular complexity index is 931. The van der Waals surface area contributed by atoms with Gasteiger partial charge in [-0.2, -0.15) is 4.31 Å². The van der Waals surface area contributed by atoms with Gasteiger partial charge in [0.1, 0.15) is 4.90 Å². The van der Waals surface area contributed by atoms with Gasteiger partial charge in [-0.05, 0) is 30.3 Å². The van der Waals surface area contributed by atoms with E-state index >= 15 is 0 Å². The number of sulfonamides is 1. The minimum atomic E-state index is -3.84. The number of pyridine rings is 1. The lowest BCUT2D eigenvalue weighted by atomic mass is 10.2. The highest BCUT2D eigenvalue weighted by molar-refractivity contribution is 7.89. The van der Waals surface area contributed by atoms with Crippen molar-refractivity contribution in [2.24, 2.45) is 0 Å². The maximum Gasteiger partial charge on any atom is 0.271 e. The van der Waals surface area contributed by atoms with E-state index in [0.29, 0.717) is 0 Å². The molecule has 1 heterocycles. The fourth-order valence-electron chi connectivity index (χ4n) is 2.30. The highest BCUT2D eigenvalue weighted by Crippen LogP contribution is 2.25. The average Bonchev–Trinajstić information content (AvgIpc) is 2.67. The van der Waals surface area contributed by atoms with Gasteiger partial charge in [-0.3, -0.25) is 25.4 Å². The van der Waals surface area contributed by atoms with Crippen LogP contribution >= 0.6 is 11.6 Å². The predicted molar refractivity (Wildman–Crippen MR) is 101 cm³/mol. The Balaban J connectivity index is 2.19. The van der Waals surface area contributed by atoms with Crippen LogP contribution in [0.5, 0.6) is 0 Å². The fraction of sp³-hybridized carbons (Fsp3) is 0.235. The van der Waals surface area contributed by atoms with Gasteiger partial charge in [0, 0.05) is 31.0 Å². The Labute approximate surface area is 162 Å². The Kier molecular flexibility index (Phi) is 6.89. The van der Waals surface area contributed by atoms with Crippen LogP contribution in [-0.2, 0) is 10.0 Å². The first kappa shape index (κ1) is 20.8. The van der Waals surface area contributed by atoms with Gasteiger partial charge >= 0.3 is 0 Å². The summed E-state index contributed by atoms with van der Waals surface area (Å²) in [6, 6.07) is 7.00. The largest absolute Gasteiger partial charge is 0.271 e. The van der Waals surface area contributed by atoms with E-state index in [1.807, 2.05) is 0 Å². The lowest BCUT2D eigenvalue weighted by Gasteiger charge is -2.19. The summed E-state index contributed by atoms with van der Waals surface area (Å²) >= 11 is 6.04. The SMILES string of the molecule is CCN(CC)S(=O)(=O)c1cc(C(=O)NNC(=O)c2cccnc2)ccc1Cl. The highest BCUT2D eigenvalue weighted by Gasteiger charge is 2.25. The first-order valence-electron chi connectivity index (χ1n) is 8.11. The molecule has 10 heteroatoms. The number of carbonyl (C=O) groups excluding carboxylic acids is 2. The smallest absolute Gasteiger partial charge is 0.267 e. The van der Waals surface area contributed by atoms with Crippen LogP contribution in [0.4, 0.5) is 0 Å². The quantitative estimate of drug-likeness (QED) is 0.706. The zero-order valence-electron chi connectivity index (χ0n) is 14.8. The van der Waals surface area contributed by atoms with Gasteiger partial charge in [0.25, 0.3) is 11.8 Å². The standard InChI is InChI=1S/C17H19ClN4O4S/c1-3-22(4-2)27(25,26)15-10-12(7-8-14(15)18)16(23)20-21-17(24)13-6-5-9-19-11-13/h5-11H,3-4H2,1-2H3,(H,20,23)(H,21,24). The molecule has 2 amide bonds. The molecule has 8 nitrogen and oxygen atoms in total. The maximum atomic E-state index is 12.7. The molecule has 0 unspecified atom stereocenters. The molecule has 0 saturated carbocycles. The maximum absolute atomic E-state index is 12.7. The van der Waals surface area contributed by atoms with Crippen molar-refractivity contribution in [3.05, 3.63) is 58.9 Å². The second-order valence-corrected chi connectivity index (χ2v) is 7.70. The van der Waals surface area contributed by atoms with Gasteiger partial charge in [0.05, 0.1) is 10.6 Å². The van der Waals surface area contributed by atoms with E-state index in [1.54, 1.807) is 19.9 Å². The van der Waals surface area contributed by atoms with Gasteiger partial charge in [-0.1, -0.05) is 25.4 Å². The second kappa shape index (κ2) is 8.94. The molecule has 27 heavy (non-hydrogen) atoms. The molecule has 0 radical (unpaired) electrons. The van der Waals surface area contributed by atoms with E-state index in [4.69, 9.17) is 11.6 Å². The van der Waals surface area contributed by atoms with Crippen LogP contribution in [-0.4, -0.2) is 42.6 Å². The first-order chi connectivity index (χ1) is 12.8. The number of amides is 2. The summed E-state index contributed by atoms with van der Waals surface area (Å²) < 4.78 is 26.6. The normalized spacial score (nSPS) is 11.3. The Morgan fingerprint density at radius 1 is 1.07 bits per heavy atom. The van der Waals surface area contributed by atoms with Crippen molar-refractivity contribution in [2.45, 2.75) is 18.7 Å². The van der Waals surface area contributed by atoms with Crippen molar-refractivity contribution in [3.8, 4) is 0 Å². The van der Waals surface area contributed by atoms with Crippen molar-refractivity contribution in [3.63, 3.8) is 0 Å². The highest BCUT2D eigenvalue weighted by atomic mass is 35.5. The molecular weight excluding hydrogens is 392 g/mol. The molecule has 0 aliphatic rings. The first-order valence-corrected chi connectivity index (χ1v) is 9.93. The number of hydrogen-bond donors (Lipinski definition) is 2. The van der Waals surface area contributed by atoms with Gasteiger partial charge in [0.2, 0.25) is 10.0 Å². The Morgan fingerprint density at radius 3 is 2.26 bits per heavy atom. The van der Waals surface area contributed by atoms with Crippen LogP contribution in [0.25, 0.3) is 0 Å². The molecule has 2 aromatic rings. The number of nitrogens with zero attached hydrogens (tertiary/aromatic N) is 2. The van der Waals surface area contributed by atoms with Crippen molar-refractivity contribution < 1.29 is 18.0 Å². The minimum Gasteiger partial charge on any atom is -0.267 e. The minimum absolute atomic E-state index is 0.0119. The number of benzene rings is 1. The number of carbonyl (C=O) groups is 2. The van der Waals surface area contributed by atoms with Gasteiger partial charge in [-0.25, -0.2) is 8.42 Å². The Hall–Kier alpha value is -2.49. The number of hydrogen-bond acceptors (Lipinski definition) is 5. The molecule has 0 aliphatic carbocycles. The Morgan fingerprint density at radius 2 is 1.70 bits per heavy atom. The summed E-state index contributed by atoms with van der Waals surface area (Å²) in [6.07, 6.45) is 2.86. The monoisotopic (exact) mass is 410 g/mol. The molecule has 0 saturated heterocycles. The summed E-state index contributed by atoms with van der Waals surface area (Å²) in [6.45, 7) is 3.96. The van der Waals surface area contributed by atoms with Crippen LogP contribution in [0.1, 0.15) is 34.6 Å². The number of rotatable bonds is 6. The lowest BCUT2D eigenvalue weighted by molar-refractivity contribution is 0.0846. The van der Waals surface area contributed by atoms with Gasteiger partial charge in [0.15, 0.2) is 0 Å². The summed E-state index contributed by atoms with van der Waals surface area (Å²) in [5.74, 6) is -1.23. The number of aromatic nitrogens is 1. The molecule has 144 valence electrons. The van der Waals surface area contributed by atoms with E-state index in [9.17, 15) is 18.0 Å². The van der Waals surface area contributed by atoms with E-state index in [-0.39, 0.29) is 34.1 Å². The molecule has 2 N–H and O–H groups in total. The molecule has 0 bridgehead atoms. The van der Waals surface area contributed by atoms with E-state index in [2.05, 4.69) is 15.8 Å². The molecule has 0 fully saturated rings. The lowest BCUT2D eigenvalue weighted by Crippen LogP contribution is -2.41. The number of hydrazine groups is 1. The van der Waals surface area contributed by atoms with E-state index < -0.39 is 21.8 Å². The zero-order valence-corrected chi connectivity index (χ0v) is 16.3. The molecule has 0 atom stereocenters. The average molecular weight is 411 g/mol. The third kappa shape index (κ3) is 4.82. The van der Waals surface area contributed by atoms with Crippen molar-refractivity contribution in [2.75, 3.05) is 13.1 Å². The zero-order chi connectivity index (χ0) is 20.0. The molecule has 0 spiro atoms. The molecule has 1 aromatic heterocycles. The second-order valence-electron chi connectivity index (χ2n) is 5.38. The van der Waals surface area contributed by atoms with E-state index in [0.717, 1.165) is 0 Å². The van der Waals surface area contributed by atoms with Crippen LogP contribution in [0.3, 0.4) is 0 Å². The van der Waals surface area contributed by atoms with Crippen LogP contribution < -0.4 is 10.9 Å². The third-order valence-corrected chi connectivity index (χ3v) is 6.26. The van der Waals surface area contributed by atoms with Crippen molar-refractivity contribution >= 4 is 33.4 Å². The fourth-order valence-corrected chi connectivity index (χ4v) is 4.26. The molecular formula is C17H19ClN4O4S. The van der Waals surface area contributed by atoms with Crippen LogP contribution in [0, 0.1) is 0 Å². The van der Waals surface area contributed by atoms with Gasteiger partial charge < -0.3 is 0 Å². The number of nitrogens with one attached hydrogen (secondary N) is 2. The molecule has 2 rings (SSSR count). The number of halogens is 1. The van der Waals surface area contributed by atoms with Crippen LogP contribution in [0.15, 0.2) is 47.6 Å². The predicted octanol–water partition coefficient (Wildman–Crippen LogP) is 1.84. The summed E-state index contributed by atoms with van der Waals surface area (Å²) in [5, 5.41) is 0.0119. The van der Waals surface area contributed by atoms with E-state index in [1.165, 1.54) is 41.0 Å². The topological polar surface area (TPSA) is 108 Å².